The molecule has 0 atom stereocenters. The van der Waals surface area contributed by atoms with Crippen molar-refractivity contribution in [1.29, 1.82) is 0 Å². The molecular formula is C22H40N2O2. The molecule has 0 aliphatic heterocycles. The Morgan fingerprint density at radius 3 is 1.42 bits per heavy atom. The number of ether oxygens (including phenoxy) is 2. The summed E-state index contributed by atoms with van der Waals surface area (Å²) in [4.78, 5) is 4.82. The fourth-order valence-corrected chi connectivity index (χ4v) is 2.88. The molecule has 0 unspecified atom stereocenters. The second kappa shape index (κ2) is 13.0. The van der Waals surface area contributed by atoms with E-state index in [9.17, 15) is 0 Å². The molecule has 26 heavy (non-hydrogen) atoms. The number of benzene rings is 1. The Balaban J connectivity index is 2.72. The molecule has 0 aromatic heterocycles. The number of anilines is 2. The molecule has 1 aromatic rings. The standard InChI is InChI=1S/C22H40N2O2/c1-7-23(13-15-25-17-19(3)4)21-11-9-10-12-22(21)24(8-2)14-16-26-18-20(5)6/h9-12,19-20H,7-8,13-18H2,1-6H3. The lowest BCUT2D eigenvalue weighted by atomic mass is 10.2. The SMILES string of the molecule is CCN(CCOCC(C)C)c1ccccc1N(CC)CCOCC(C)C. The number of nitrogens with zero attached hydrogens (tertiary/aromatic N) is 2. The van der Waals surface area contributed by atoms with Crippen molar-refractivity contribution in [2.45, 2.75) is 41.5 Å². The van der Waals surface area contributed by atoms with Gasteiger partial charge in [-0.15, -0.1) is 0 Å². The van der Waals surface area contributed by atoms with Gasteiger partial charge < -0.3 is 19.3 Å². The van der Waals surface area contributed by atoms with Crippen LogP contribution in [0.3, 0.4) is 0 Å². The summed E-state index contributed by atoms with van der Waals surface area (Å²) in [5, 5.41) is 0. The van der Waals surface area contributed by atoms with Crippen molar-refractivity contribution < 1.29 is 9.47 Å². The van der Waals surface area contributed by atoms with Crippen molar-refractivity contribution in [2.75, 3.05) is 62.4 Å². The molecule has 0 aliphatic rings. The predicted octanol–water partition coefficient (Wildman–Crippen LogP) is 4.68. The largest absolute Gasteiger partial charge is 0.379 e. The van der Waals surface area contributed by atoms with E-state index >= 15 is 0 Å². The molecule has 4 heteroatoms. The third-order valence-electron chi connectivity index (χ3n) is 4.24. The van der Waals surface area contributed by atoms with E-state index in [2.05, 4.69) is 75.6 Å². The molecule has 0 amide bonds. The Morgan fingerprint density at radius 2 is 1.12 bits per heavy atom. The minimum Gasteiger partial charge on any atom is -0.379 e. The van der Waals surface area contributed by atoms with Gasteiger partial charge in [-0.25, -0.2) is 0 Å². The minimum absolute atomic E-state index is 0.582. The van der Waals surface area contributed by atoms with Crippen molar-refractivity contribution in [3.8, 4) is 0 Å². The second-order valence-corrected chi connectivity index (χ2v) is 7.59. The van der Waals surface area contributed by atoms with Crippen molar-refractivity contribution >= 4 is 11.4 Å². The normalized spacial score (nSPS) is 11.4. The lowest BCUT2D eigenvalue weighted by Gasteiger charge is -2.31. The number of hydrogen-bond acceptors (Lipinski definition) is 4. The van der Waals surface area contributed by atoms with Gasteiger partial charge in [0.1, 0.15) is 0 Å². The van der Waals surface area contributed by atoms with Crippen molar-refractivity contribution in [3.05, 3.63) is 24.3 Å². The van der Waals surface area contributed by atoms with Crippen molar-refractivity contribution in [1.82, 2.24) is 0 Å². The van der Waals surface area contributed by atoms with Gasteiger partial charge in [-0.2, -0.15) is 0 Å². The zero-order valence-corrected chi connectivity index (χ0v) is 17.8. The van der Waals surface area contributed by atoms with Crippen molar-refractivity contribution in [2.24, 2.45) is 11.8 Å². The van der Waals surface area contributed by atoms with E-state index in [1.54, 1.807) is 0 Å². The fraction of sp³-hybridized carbons (Fsp3) is 0.727. The van der Waals surface area contributed by atoms with Gasteiger partial charge in [0.2, 0.25) is 0 Å². The first-order chi connectivity index (χ1) is 12.5. The van der Waals surface area contributed by atoms with E-state index in [0.29, 0.717) is 11.8 Å². The number of likely N-dealkylation sites (N-methyl/N-ethyl adjacent to an activating group) is 2. The zero-order chi connectivity index (χ0) is 19.4. The van der Waals surface area contributed by atoms with Gasteiger partial charge in [0, 0.05) is 39.4 Å². The molecule has 0 N–H and O–H groups in total. The predicted molar refractivity (Wildman–Crippen MR) is 114 cm³/mol. The molecule has 0 bridgehead atoms. The van der Waals surface area contributed by atoms with E-state index in [1.807, 2.05) is 0 Å². The summed E-state index contributed by atoms with van der Waals surface area (Å²) < 4.78 is 11.6. The molecule has 0 heterocycles. The van der Waals surface area contributed by atoms with Crippen LogP contribution < -0.4 is 9.80 Å². The van der Waals surface area contributed by atoms with Crippen LogP contribution in [0.5, 0.6) is 0 Å². The third-order valence-corrected chi connectivity index (χ3v) is 4.24. The van der Waals surface area contributed by atoms with E-state index in [1.165, 1.54) is 11.4 Å². The van der Waals surface area contributed by atoms with E-state index < -0.39 is 0 Å². The van der Waals surface area contributed by atoms with Crippen LogP contribution in [-0.2, 0) is 9.47 Å². The van der Waals surface area contributed by atoms with Crippen LogP contribution in [0.2, 0.25) is 0 Å². The summed E-state index contributed by atoms with van der Waals surface area (Å²) in [7, 11) is 0. The van der Waals surface area contributed by atoms with Crippen LogP contribution >= 0.6 is 0 Å². The second-order valence-electron chi connectivity index (χ2n) is 7.59. The van der Waals surface area contributed by atoms with Gasteiger partial charge in [0.15, 0.2) is 0 Å². The Labute approximate surface area is 161 Å². The summed E-state index contributed by atoms with van der Waals surface area (Å²) in [6.07, 6.45) is 0. The minimum atomic E-state index is 0.582. The molecule has 0 aliphatic carbocycles. The van der Waals surface area contributed by atoms with Gasteiger partial charge in [-0.1, -0.05) is 39.8 Å². The van der Waals surface area contributed by atoms with Gasteiger partial charge in [0.25, 0.3) is 0 Å². The lowest BCUT2D eigenvalue weighted by molar-refractivity contribution is 0.115. The molecule has 0 spiro atoms. The van der Waals surface area contributed by atoms with E-state index in [-0.39, 0.29) is 0 Å². The molecule has 150 valence electrons. The third kappa shape index (κ3) is 8.41. The molecule has 0 fully saturated rings. The number of rotatable bonds is 14. The van der Waals surface area contributed by atoms with Gasteiger partial charge in [-0.05, 0) is 37.8 Å². The average Bonchev–Trinajstić information content (AvgIpc) is 2.62. The molecule has 4 nitrogen and oxygen atoms in total. The molecular weight excluding hydrogens is 324 g/mol. The average molecular weight is 365 g/mol. The van der Waals surface area contributed by atoms with E-state index in [0.717, 1.165) is 52.6 Å². The highest BCUT2D eigenvalue weighted by Gasteiger charge is 2.14. The zero-order valence-electron chi connectivity index (χ0n) is 17.8. The topological polar surface area (TPSA) is 24.9 Å². The quantitative estimate of drug-likeness (QED) is 0.447. The molecule has 0 saturated carbocycles. The Kier molecular flexibility index (Phi) is 11.4. The molecule has 1 rings (SSSR count). The van der Waals surface area contributed by atoms with Crippen LogP contribution in [0.4, 0.5) is 11.4 Å². The number of hydrogen-bond donors (Lipinski definition) is 0. The summed E-state index contributed by atoms with van der Waals surface area (Å²) in [5.74, 6) is 1.16. The fourth-order valence-electron chi connectivity index (χ4n) is 2.88. The number of para-hydroxylation sites is 2. The Morgan fingerprint density at radius 1 is 0.731 bits per heavy atom. The maximum atomic E-state index is 5.80. The highest BCUT2D eigenvalue weighted by molar-refractivity contribution is 5.71. The first-order valence-electron chi connectivity index (χ1n) is 10.2. The van der Waals surface area contributed by atoms with Crippen LogP contribution in [0.15, 0.2) is 24.3 Å². The van der Waals surface area contributed by atoms with Gasteiger partial charge in [-0.3, -0.25) is 0 Å². The monoisotopic (exact) mass is 364 g/mol. The van der Waals surface area contributed by atoms with Crippen LogP contribution in [0.1, 0.15) is 41.5 Å². The summed E-state index contributed by atoms with van der Waals surface area (Å²) in [6.45, 7) is 20.1. The first-order valence-corrected chi connectivity index (χ1v) is 10.2. The first kappa shape index (κ1) is 22.8. The smallest absolute Gasteiger partial charge is 0.0641 e. The Hall–Kier alpha value is -1.26. The summed E-state index contributed by atoms with van der Waals surface area (Å²) >= 11 is 0. The van der Waals surface area contributed by atoms with Gasteiger partial charge in [0.05, 0.1) is 24.6 Å². The van der Waals surface area contributed by atoms with E-state index in [4.69, 9.17) is 9.47 Å². The highest BCUT2D eigenvalue weighted by Crippen LogP contribution is 2.29. The van der Waals surface area contributed by atoms with Crippen LogP contribution in [0.25, 0.3) is 0 Å². The lowest BCUT2D eigenvalue weighted by Crippen LogP contribution is -2.32. The molecule has 0 radical (unpaired) electrons. The summed E-state index contributed by atoms with van der Waals surface area (Å²) in [6, 6.07) is 8.69. The molecule has 1 aromatic carbocycles. The molecule has 0 saturated heterocycles. The van der Waals surface area contributed by atoms with Crippen molar-refractivity contribution in [3.63, 3.8) is 0 Å². The maximum absolute atomic E-state index is 5.80. The Bertz CT molecular complexity index is 434. The van der Waals surface area contributed by atoms with Crippen LogP contribution in [0, 0.1) is 11.8 Å². The highest BCUT2D eigenvalue weighted by atomic mass is 16.5. The maximum Gasteiger partial charge on any atom is 0.0641 e. The summed E-state index contributed by atoms with van der Waals surface area (Å²) in [5.41, 5.74) is 2.57. The van der Waals surface area contributed by atoms with Crippen LogP contribution in [-0.4, -0.2) is 52.6 Å². The van der Waals surface area contributed by atoms with Gasteiger partial charge >= 0.3 is 0 Å².